The lowest BCUT2D eigenvalue weighted by atomic mass is 9.98. The van der Waals surface area contributed by atoms with Crippen molar-refractivity contribution in [2.45, 2.75) is 51.2 Å². The Kier molecular flexibility index (Phi) is 7.26. The number of halogens is 2. The summed E-state index contributed by atoms with van der Waals surface area (Å²) in [7, 11) is 0. The maximum Gasteiger partial charge on any atom is 0.387 e. The van der Waals surface area contributed by atoms with Crippen LogP contribution in [0, 0.1) is 0 Å². The lowest BCUT2D eigenvalue weighted by molar-refractivity contribution is -0.0498. The molecule has 1 fully saturated rings. The monoisotopic (exact) mass is 327 g/mol. The van der Waals surface area contributed by atoms with Crippen molar-refractivity contribution < 1.29 is 23.0 Å². The van der Waals surface area contributed by atoms with Gasteiger partial charge in [-0.25, -0.2) is 0 Å². The normalized spacial score (nSPS) is 15.6. The average Bonchev–Trinajstić information content (AvgIpc) is 2.55. The molecule has 0 saturated heterocycles. The van der Waals surface area contributed by atoms with Crippen LogP contribution in [0.1, 0.15) is 48.9 Å². The third-order valence-corrected chi connectivity index (χ3v) is 3.85. The Morgan fingerprint density at radius 2 is 1.87 bits per heavy atom. The molecule has 0 heterocycles. The fourth-order valence-electron chi connectivity index (χ4n) is 2.65. The predicted molar refractivity (Wildman–Crippen MR) is 82.8 cm³/mol. The Balaban J connectivity index is 1.62. The van der Waals surface area contributed by atoms with E-state index in [-0.39, 0.29) is 11.7 Å². The van der Waals surface area contributed by atoms with Gasteiger partial charge in [-0.15, -0.1) is 0 Å². The maximum absolute atomic E-state index is 12.0. The Morgan fingerprint density at radius 1 is 1.17 bits per heavy atom. The zero-order valence-corrected chi connectivity index (χ0v) is 13.1. The summed E-state index contributed by atoms with van der Waals surface area (Å²) >= 11 is 0. The van der Waals surface area contributed by atoms with Crippen molar-refractivity contribution in [3.63, 3.8) is 0 Å². The maximum atomic E-state index is 12.0. The summed E-state index contributed by atoms with van der Waals surface area (Å²) in [6.45, 7) is -1.69. The molecule has 1 N–H and O–H groups in total. The van der Waals surface area contributed by atoms with Crippen LogP contribution in [0.3, 0.4) is 0 Å². The largest absolute Gasteiger partial charge is 0.435 e. The summed E-state index contributed by atoms with van der Waals surface area (Å²) in [5.41, 5.74) is 0.416. The molecule has 0 atom stereocenters. The van der Waals surface area contributed by atoms with Gasteiger partial charge in [0.05, 0.1) is 6.10 Å². The molecule has 0 spiro atoms. The number of hydrogen-bond donors (Lipinski definition) is 1. The molecule has 4 nitrogen and oxygen atoms in total. The number of nitrogens with one attached hydrogen (secondary N) is 1. The van der Waals surface area contributed by atoms with E-state index in [1.807, 2.05) is 0 Å². The smallest absolute Gasteiger partial charge is 0.387 e. The first-order valence-corrected chi connectivity index (χ1v) is 8.10. The molecule has 1 aliphatic carbocycles. The second-order valence-corrected chi connectivity index (χ2v) is 5.64. The molecule has 6 heteroatoms. The van der Waals surface area contributed by atoms with Crippen LogP contribution in [-0.2, 0) is 4.74 Å². The number of carbonyl (C=O) groups excluding carboxylic acids is 1. The Morgan fingerprint density at radius 3 is 2.52 bits per heavy atom. The second-order valence-electron chi connectivity index (χ2n) is 5.64. The first-order chi connectivity index (χ1) is 11.1. The number of hydrogen-bond acceptors (Lipinski definition) is 3. The highest BCUT2D eigenvalue weighted by Gasteiger charge is 2.13. The highest BCUT2D eigenvalue weighted by atomic mass is 19.3. The van der Waals surface area contributed by atoms with Crippen molar-refractivity contribution in [1.82, 2.24) is 5.32 Å². The predicted octanol–water partition coefficient (Wildman–Crippen LogP) is 3.76. The van der Waals surface area contributed by atoms with Crippen molar-refractivity contribution in [3.05, 3.63) is 29.8 Å². The Hall–Kier alpha value is -1.69. The van der Waals surface area contributed by atoms with Gasteiger partial charge >= 0.3 is 6.61 Å². The van der Waals surface area contributed by atoms with E-state index in [2.05, 4.69) is 10.1 Å². The molecular formula is C17H23F2NO3. The third-order valence-electron chi connectivity index (χ3n) is 3.85. The highest BCUT2D eigenvalue weighted by Crippen LogP contribution is 2.20. The van der Waals surface area contributed by atoms with Gasteiger partial charge in [-0.05, 0) is 43.5 Å². The van der Waals surface area contributed by atoms with E-state index in [4.69, 9.17) is 4.74 Å². The first-order valence-electron chi connectivity index (χ1n) is 8.10. The van der Waals surface area contributed by atoms with E-state index in [0.29, 0.717) is 24.8 Å². The molecule has 1 amide bonds. The number of ether oxygens (including phenoxy) is 2. The van der Waals surface area contributed by atoms with Gasteiger partial charge in [0.15, 0.2) is 0 Å². The summed E-state index contributed by atoms with van der Waals surface area (Å²) in [5, 5.41) is 2.79. The molecule has 0 unspecified atom stereocenters. The van der Waals surface area contributed by atoms with Gasteiger partial charge in [0.1, 0.15) is 5.75 Å². The zero-order valence-electron chi connectivity index (χ0n) is 13.1. The van der Waals surface area contributed by atoms with Gasteiger partial charge in [-0.2, -0.15) is 8.78 Å². The van der Waals surface area contributed by atoms with Crippen LogP contribution in [0.15, 0.2) is 24.3 Å². The SMILES string of the molecule is O=C(NCCCOC1CCCCC1)c1ccc(OC(F)F)cc1. The van der Waals surface area contributed by atoms with E-state index in [0.717, 1.165) is 19.3 Å². The van der Waals surface area contributed by atoms with Gasteiger partial charge in [-0.1, -0.05) is 19.3 Å². The second kappa shape index (κ2) is 9.45. The number of rotatable bonds is 8. The lowest BCUT2D eigenvalue weighted by Crippen LogP contribution is -2.26. The number of alkyl halides is 2. The minimum absolute atomic E-state index is 0.0393. The Bertz CT molecular complexity index is 473. The highest BCUT2D eigenvalue weighted by molar-refractivity contribution is 5.94. The molecule has 0 aliphatic heterocycles. The molecule has 1 aromatic rings. The summed E-state index contributed by atoms with van der Waals surface area (Å²) < 4.78 is 34.1. The molecule has 23 heavy (non-hydrogen) atoms. The number of amides is 1. The number of carbonyl (C=O) groups is 1. The molecule has 0 radical (unpaired) electrons. The van der Waals surface area contributed by atoms with Gasteiger partial charge in [0.2, 0.25) is 0 Å². The van der Waals surface area contributed by atoms with E-state index in [9.17, 15) is 13.6 Å². The summed E-state index contributed by atoms with van der Waals surface area (Å²) in [6, 6.07) is 5.64. The van der Waals surface area contributed by atoms with E-state index >= 15 is 0 Å². The van der Waals surface area contributed by atoms with Crippen molar-refractivity contribution >= 4 is 5.91 Å². The molecule has 0 bridgehead atoms. The number of benzene rings is 1. The average molecular weight is 327 g/mol. The van der Waals surface area contributed by atoms with E-state index < -0.39 is 6.61 Å². The molecule has 128 valence electrons. The molecule has 1 saturated carbocycles. The van der Waals surface area contributed by atoms with Crippen molar-refractivity contribution in [2.24, 2.45) is 0 Å². The zero-order chi connectivity index (χ0) is 16.5. The van der Waals surface area contributed by atoms with E-state index in [1.165, 1.54) is 43.5 Å². The van der Waals surface area contributed by atoms with Gasteiger partial charge in [0.25, 0.3) is 5.91 Å². The third kappa shape index (κ3) is 6.52. The quantitative estimate of drug-likeness (QED) is 0.740. The first kappa shape index (κ1) is 17.7. The lowest BCUT2D eigenvalue weighted by Gasteiger charge is -2.21. The van der Waals surface area contributed by atoms with Gasteiger partial charge < -0.3 is 14.8 Å². The van der Waals surface area contributed by atoms with Crippen LogP contribution >= 0.6 is 0 Å². The minimum atomic E-state index is -2.86. The minimum Gasteiger partial charge on any atom is -0.435 e. The van der Waals surface area contributed by atoms with Crippen LogP contribution in [0.5, 0.6) is 5.75 Å². The standard InChI is InChI=1S/C17H23F2NO3/c18-17(19)23-15-9-7-13(8-10-15)16(21)20-11-4-12-22-14-5-2-1-3-6-14/h7-10,14,17H,1-6,11-12H2,(H,20,21). The van der Waals surface area contributed by atoms with Crippen LogP contribution in [0.2, 0.25) is 0 Å². The van der Waals surface area contributed by atoms with Crippen molar-refractivity contribution in [3.8, 4) is 5.75 Å². The molecular weight excluding hydrogens is 304 g/mol. The molecule has 1 aliphatic rings. The fourth-order valence-corrected chi connectivity index (χ4v) is 2.65. The van der Waals surface area contributed by atoms with Crippen LogP contribution in [0.25, 0.3) is 0 Å². The molecule has 0 aromatic heterocycles. The Labute approximate surface area is 135 Å². The molecule has 1 aromatic carbocycles. The van der Waals surface area contributed by atoms with Gasteiger partial charge in [0, 0.05) is 18.7 Å². The van der Waals surface area contributed by atoms with Crippen LogP contribution in [0.4, 0.5) is 8.78 Å². The summed E-state index contributed by atoms with van der Waals surface area (Å²) in [5.74, 6) is -0.191. The van der Waals surface area contributed by atoms with Crippen molar-refractivity contribution in [2.75, 3.05) is 13.2 Å². The summed E-state index contributed by atoms with van der Waals surface area (Å²) in [6.07, 6.45) is 7.20. The van der Waals surface area contributed by atoms with E-state index in [1.54, 1.807) is 0 Å². The molecule has 2 rings (SSSR count). The summed E-state index contributed by atoms with van der Waals surface area (Å²) in [4.78, 5) is 11.9. The van der Waals surface area contributed by atoms with Crippen LogP contribution < -0.4 is 10.1 Å². The van der Waals surface area contributed by atoms with Crippen LogP contribution in [-0.4, -0.2) is 31.8 Å². The van der Waals surface area contributed by atoms with Gasteiger partial charge in [-0.3, -0.25) is 4.79 Å². The fraction of sp³-hybridized carbons (Fsp3) is 0.588. The topological polar surface area (TPSA) is 47.6 Å². The van der Waals surface area contributed by atoms with Crippen molar-refractivity contribution in [1.29, 1.82) is 0 Å².